The molecule has 2 rings (SSSR count). The van der Waals surface area contributed by atoms with Crippen molar-refractivity contribution >= 4 is 5.91 Å². The highest BCUT2D eigenvalue weighted by Gasteiger charge is 2.06. The van der Waals surface area contributed by atoms with Gasteiger partial charge >= 0.3 is 0 Å². The smallest absolute Gasteiger partial charge is 0.251 e. The molecular formula is C20H26N2O3. The summed E-state index contributed by atoms with van der Waals surface area (Å²) >= 11 is 0. The fourth-order valence-electron chi connectivity index (χ4n) is 2.47. The van der Waals surface area contributed by atoms with Crippen LogP contribution in [0.3, 0.4) is 0 Å². The molecule has 2 aromatic rings. The van der Waals surface area contributed by atoms with E-state index in [0.29, 0.717) is 18.8 Å². The minimum atomic E-state index is -0.0719. The Morgan fingerprint density at radius 1 is 0.880 bits per heavy atom. The highest BCUT2D eigenvalue weighted by atomic mass is 16.5. The maximum Gasteiger partial charge on any atom is 0.251 e. The number of ether oxygens (including phenoxy) is 2. The number of amides is 1. The summed E-state index contributed by atoms with van der Waals surface area (Å²) in [5.74, 6) is 1.48. The van der Waals surface area contributed by atoms with Crippen molar-refractivity contribution in [1.82, 2.24) is 10.6 Å². The van der Waals surface area contributed by atoms with Gasteiger partial charge < -0.3 is 20.1 Å². The van der Waals surface area contributed by atoms with Gasteiger partial charge in [0.25, 0.3) is 5.91 Å². The second-order valence-electron chi connectivity index (χ2n) is 5.53. The van der Waals surface area contributed by atoms with Gasteiger partial charge in [-0.25, -0.2) is 0 Å². The van der Waals surface area contributed by atoms with Crippen molar-refractivity contribution in [2.45, 2.75) is 26.9 Å². The molecule has 0 atom stereocenters. The van der Waals surface area contributed by atoms with Crippen molar-refractivity contribution in [3.05, 3.63) is 59.2 Å². The SMILES string of the molecule is CCOc1ccc(CNCc2ccc(C(=O)NC)cc2)cc1OCC. The fraction of sp³-hybridized carbons (Fsp3) is 0.350. The van der Waals surface area contributed by atoms with E-state index >= 15 is 0 Å². The van der Waals surface area contributed by atoms with E-state index < -0.39 is 0 Å². The number of benzene rings is 2. The largest absolute Gasteiger partial charge is 0.490 e. The van der Waals surface area contributed by atoms with E-state index in [1.165, 1.54) is 0 Å². The summed E-state index contributed by atoms with van der Waals surface area (Å²) in [5.41, 5.74) is 2.93. The molecule has 0 bridgehead atoms. The molecule has 2 N–H and O–H groups in total. The Morgan fingerprint density at radius 3 is 2.12 bits per heavy atom. The van der Waals surface area contributed by atoms with E-state index in [9.17, 15) is 4.79 Å². The first-order valence-electron chi connectivity index (χ1n) is 8.58. The Balaban J connectivity index is 1.92. The molecule has 25 heavy (non-hydrogen) atoms. The van der Waals surface area contributed by atoms with E-state index in [1.807, 2.05) is 56.3 Å². The molecule has 0 unspecified atom stereocenters. The quantitative estimate of drug-likeness (QED) is 0.735. The van der Waals surface area contributed by atoms with Crippen LogP contribution in [0, 0.1) is 0 Å². The zero-order chi connectivity index (χ0) is 18.1. The summed E-state index contributed by atoms with van der Waals surface area (Å²) in [6, 6.07) is 13.6. The van der Waals surface area contributed by atoms with Crippen molar-refractivity contribution in [2.75, 3.05) is 20.3 Å². The van der Waals surface area contributed by atoms with Gasteiger partial charge in [-0.3, -0.25) is 4.79 Å². The Morgan fingerprint density at radius 2 is 1.48 bits per heavy atom. The third-order valence-corrected chi connectivity index (χ3v) is 3.71. The number of hydrogen-bond acceptors (Lipinski definition) is 4. The summed E-state index contributed by atoms with van der Waals surface area (Å²) in [6.07, 6.45) is 0. The lowest BCUT2D eigenvalue weighted by molar-refractivity contribution is 0.0963. The number of carbonyl (C=O) groups excluding carboxylic acids is 1. The molecule has 0 heterocycles. The average Bonchev–Trinajstić information content (AvgIpc) is 2.64. The zero-order valence-electron chi connectivity index (χ0n) is 15.1. The predicted octanol–water partition coefficient (Wildman–Crippen LogP) is 3.13. The predicted molar refractivity (Wildman–Crippen MR) is 99.2 cm³/mol. The molecule has 0 spiro atoms. The Hall–Kier alpha value is -2.53. The van der Waals surface area contributed by atoms with Crippen LogP contribution in [0.2, 0.25) is 0 Å². The minimum Gasteiger partial charge on any atom is -0.490 e. The lowest BCUT2D eigenvalue weighted by Crippen LogP contribution is -2.18. The number of rotatable bonds is 9. The molecule has 0 saturated carbocycles. The van der Waals surface area contributed by atoms with Gasteiger partial charge in [0, 0.05) is 25.7 Å². The first kappa shape index (κ1) is 18.8. The highest BCUT2D eigenvalue weighted by Crippen LogP contribution is 2.28. The molecule has 0 saturated heterocycles. The molecule has 1 amide bonds. The van der Waals surface area contributed by atoms with E-state index in [2.05, 4.69) is 10.6 Å². The van der Waals surface area contributed by atoms with E-state index in [0.717, 1.165) is 35.7 Å². The molecule has 0 aliphatic rings. The number of carbonyl (C=O) groups is 1. The molecule has 0 aliphatic carbocycles. The third-order valence-electron chi connectivity index (χ3n) is 3.71. The monoisotopic (exact) mass is 342 g/mol. The zero-order valence-corrected chi connectivity index (χ0v) is 15.1. The van der Waals surface area contributed by atoms with Gasteiger partial charge in [-0.2, -0.15) is 0 Å². The number of hydrogen-bond donors (Lipinski definition) is 2. The van der Waals surface area contributed by atoms with Gasteiger partial charge in [0.15, 0.2) is 11.5 Å². The molecule has 134 valence electrons. The lowest BCUT2D eigenvalue weighted by Gasteiger charge is -2.13. The second kappa shape index (κ2) is 9.69. The molecule has 5 heteroatoms. The molecule has 0 radical (unpaired) electrons. The van der Waals surface area contributed by atoms with Crippen molar-refractivity contribution < 1.29 is 14.3 Å². The highest BCUT2D eigenvalue weighted by molar-refractivity contribution is 5.93. The van der Waals surface area contributed by atoms with Crippen LogP contribution in [0.15, 0.2) is 42.5 Å². The Kier molecular flexibility index (Phi) is 7.29. The van der Waals surface area contributed by atoms with Crippen LogP contribution < -0.4 is 20.1 Å². The molecule has 0 aromatic heterocycles. The summed E-state index contributed by atoms with van der Waals surface area (Å²) in [6.45, 7) is 6.59. The number of nitrogens with one attached hydrogen (secondary N) is 2. The first-order valence-corrected chi connectivity index (χ1v) is 8.58. The van der Waals surface area contributed by atoms with Crippen LogP contribution in [0.5, 0.6) is 11.5 Å². The van der Waals surface area contributed by atoms with Gasteiger partial charge in [0.05, 0.1) is 13.2 Å². The van der Waals surface area contributed by atoms with E-state index in [4.69, 9.17) is 9.47 Å². The van der Waals surface area contributed by atoms with Gasteiger partial charge in [-0.15, -0.1) is 0 Å². The lowest BCUT2D eigenvalue weighted by atomic mass is 10.1. The third kappa shape index (κ3) is 5.50. The molecule has 2 aromatic carbocycles. The van der Waals surface area contributed by atoms with Crippen LogP contribution in [0.1, 0.15) is 35.3 Å². The van der Waals surface area contributed by atoms with Crippen LogP contribution >= 0.6 is 0 Å². The normalized spacial score (nSPS) is 10.4. The van der Waals surface area contributed by atoms with Gasteiger partial charge in [-0.1, -0.05) is 18.2 Å². The van der Waals surface area contributed by atoms with Crippen LogP contribution in [-0.4, -0.2) is 26.2 Å². The standard InChI is InChI=1S/C20H26N2O3/c1-4-24-18-11-8-16(12-19(18)25-5-2)14-22-13-15-6-9-17(10-7-15)20(23)21-3/h6-12,22H,4-5,13-14H2,1-3H3,(H,21,23). The first-order chi connectivity index (χ1) is 12.2. The summed E-state index contributed by atoms with van der Waals surface area (Å²) < 4.78 is 11.2. The van der Waals surface area contributed by atoms with E-state index in [1.54, 1.807) is 7.05 Å². The Bertz CT molecular complexity index is 684. The van der Waals surface area contributed by atoms with Crippen molar-refractivity contribution in [2.24, 2.45) is 0 Å². The Labute approximate surface area is 149 Å². The summed E-state index contributed by atoms with van der Waals surface area (Å²) in [5, 5.41) is 6.02. The summed E-state index contributed by atoms with van der Waals surface area (Å²) in [7, 11) is 1.63. The van der Waals surface area contributed by atoms with Crippen molar-refractivity contribution in [3.63, 3.8) is 0 Å². The minimum absolute atomic E-state index is 0.0719. The second-order valence-corrected chi connectivity index (χ2v) is 5.53. The fourth-order valence-corrected chi connectivity index (χ4v) is 2.47. The van der Waals surface area contributed by atoms with Crippen LogP contribution in [-0.2, 0) is 13.1 Å². The van der Waals surface area contributed by atoms with Gasteiger partial charge in [0.1, 0.15) is 0 Å². The molecule has 5 nitrogen and oxygen atoms in total. The molecule has 0 aliphatic heterocycles. The maximum atomic E-state index is 11.5. The van der Waals surface area contributed by atoms with Crippen molar-refractivity contribution in [1.29, 1.82) is 0 Å². The maximum absolute atomic E-state index is 11.5. The summed E-state index contributed by atoms with van der Waals surface area (Å²) in [4.78, 5) is 11.5. The van der Waals surface area contributed by atoms with Crippen molar-refractivity contribution in [3.8, 4) is 11.5 Å². The molecule has 0 fully saturated rings. The van der Waals surface area contributed by atoms with Crippen LogP contribution in [0.25, 0.3) is 0 Å². The molecular weight excluding hydrogens is 316 g/mol. The topological polar surface area (TPSA) is 59.6 Å². The average molecular weight is 342 g/mol. The van der Waals surface area contributed by atoms with Crippen LogP contribution in [0.4, 0.5) is 0 Å². The van der Waals surface area contributed by atoms with Gasteiger partial charge in [-0.05, 0) is 49.2 Å². The van der Waals surface area contributed by atoms with E-state index in [-0.39, 0.29) is 5.91 Å². The van der Waals surface area contributed by atoms with Gasteiger partial charge in [0.2, 0.25) is 0 Å².